The molecule has 0 heterocycles. The molecule has 1 amide bonds. The van der Waals surface area contributed by atoms with Gasteiger partial charge in [0.1, 0.15) is 0 Å². The highest BCUT2D eigenvalue weighted by Crippen LogP contribution is 2.13. The molecular formula is C14H20N2O3. The zero-order chi connectivity index (χ0) is 14.4. The SMILES string of the molecule is CCCC(CC(=O)O)NC(=O)c1ccc(C)c(N)c1. The average Bonchev–Trinajstić information content (AvgIpc) is 2.32. The third-order valence-electron chi connectivity index (χ3n) is 2.93. The van der Waals surface area contributed by atoms with E-state index in [0.717, 1.165) is 12.0 Å². The van der Waals surface area contributed by atoms with Crippen LogP contribution in [0.15, 0.2) is 18.2 Å². The maximum absolute atomic E-state index is 12.0. The number of amides is 1. The molecule has 0 radical (unpaired) electrons. The molecular weight excluding hydrogens is 244 g/mol. The molecule has 0 aliphatic heterocycles. The lowest BCUT2D eigenvalue weighted by Gasteiger charge is -2.16. The van der Waals surface area contributed by atoms with Crippen molar-refractivity contribution in [1.29, 1.82) is 0 Å². The second-order valence-corrected chi connectivity index (χ2v) is 4.63. The summed E-state index contributed by atoms with van der Waals surface area (Å²) in [5, 5.41) is 11.5. The lowest BCUT2D eigenvalue weighted by Crippen LogP contribution is -2.36. The summed E-state index contributed by atoms with van der Waals surface area (Å²) in [6.07, 6.45) is 1.38. The number of nitrogen functional groups attached to an aromatic ring is 1. The maximum Gasteiger partial charge on any atom is 0.305 e. The van der Waals surface area contributed by atoms with E-state index < -0.39 is 5.97 Å². The molecule has 5 nitrogen and oxygen atoms in total. The van der Waals surface area contributed by atoms with E-state index in [4.69, 9.17) is 10.8 Å². The maximum atomic E-state index is 12.0. The van der Waals surface area contributed by atoms with Crippen LogP contribution in [-0.2, 0) is 4.79 Å². The van der Waals surface area contributed by atoms with Crippen molar-refractivity contribution < 1.29 is 14.7 Å². The second-order valence-electron chi connectivity index (χ2n) is 4.63. The van der Waals surface area contributed by atoms with Gasteiger partial charge in [-0.05, 0) is 31.0 Å². The first kappa shape index (κ1) is 15.0. The Morgan fingerprint density at radius 3 is 2.63 bits per heavy atom. The highest BCUT2D eigenvalue weighted by Gasteiger charge is 2.16. The Balaban J connectivity index is 2.75. The molecule has 0 saturated carbocycles. The number of carbonyl (C=O) groups is 2. The van der Waals surface area contributed by atoms with Gasteiger partial charge in [-0.3, -0.25) is 9.59 Å². The van der Waals surface area contributed by atoms with Gasteiger partial charge >= 0.3 is 5.97 Å². The smallest absolute Gasteiger partial charge is 0.305 e. The number of benzene rings is 1. The molecule has 0 bridgehead atoms. The van der Waals surface area contributed by atoms with Crippen molar-refractivity contribution >= 4 is 17.6 Å². The minimum absolute atomic E-state index is 0.0685. The molecule has 104 valence electrons. The van der Waals surface area contributed by atoms with E-state index in [1.807, 2.05) is 13.8 Å². The normalized spacial score (nSPS) is 11.9. The quantitative estimate of drug-likeness (QED) is 0.685. The number of hydrogen-bond donors (Lipinski definition) is 3. The number of aliphatic carboxylic acids is 1. The first-order valence-electron chi connectivity index (χ1n) is 6.32. The molecule has 0 fully saturated rings. The second kappa shape index (κ2) is 6.78. The predicted molar refractivity (Wildman–Crippen MR) is 74.0 cm³/mol. The molecule has 0 aliphatic rings. The van der Waals surface area contributed by atoms with Crippen LogP contribution in [0.3, 0.4) is 0 Å². The zero-order valence-electron chi connectivity index (χ0n) is 11.3. The van der Waals surface area contributed by atoms with Crippen molar-refractivity contribution in [2.24, 2.45) is 0 Å². The lowest BCUT2D eigenvalue weighted by atomic mass is 10.1. The highest BCUT2D eigenvalue weighted by atomic mass is 16.4. The first-order valence-corrected chi connectivity index (χ1v) is 6.32. The number of nitrogens with one attached hydrogen (secondary N) is 1. The highest BCUT2D eigenvalue weighted by molar-refractivity contribution is 5.95. The van der Waals surface area contributed by atoms with Crippen LogP contribution in [0, 0.1) is 6.92 Å². The van der Waals surface area contributed by atoms with Gasteiger partial charge in [-0.15, -0.1) is 0 Å². The van der Waals surface area contributed by atoms with Gasteiger partial charge in [-0.25, -0.2) is 0 Å². The molecule has 0 aromatic heterocycles. The summed E-state index contributed by atoms with van der Waals surface area (Å²) in [5.41, 5.74) is 7.67. The zero-order valence-corrected chi connectivity index (χ0v) is 11.3. The molecule has 5 heteroatoms. The van der Waals surface area contributed by atoms with E-state index >= 15 is 0 Å². The molecule has 1 aromatic rings. The van der Waals surface area contributed by atoms with Crippen molar-refractivity contribution in [1.82, 2.24) is 5.32 Å². The number of rotatable bonds is 6. The van der Waals surface area contributed by atoms with Crippen molar-refractivity contribution in [2.45, 2.75) is 39.2 Å². The first-order chi connectivity index (χ1) is 8.93. The van der Waals surface area contributed by atoms with E-state index in [-0.39, 0.29) is 18.4 Å². The Morgan fingerprint density at radius 1 is 1.42 bits per heavy atom. The number of carboxylic acids is 1. The van der Waals surface area contributed by atoms with E-state index in [1.165, 1.54) is 0 Å². The fraction of sp³-hybridized carbons (Fsp3) is 0.429. The summed E-state index contributed by atoms with van der Waals surface area (Å²) >= 11 is 0. The number of carboxylic acid groups (broad SMARTS) is 1. The summed E-state index contributed by atoms with van der Waals surface area (Å²) in [6, 6.07) is 4.72. The molecule has 0 saturated heterocycles. The average molecular weight is 264 g/mol. The van der Waals surface area contributed by atoms with Crippen LogP contribution in [0.2, 0.25) is 0 Å². The molecule has 1 aromatic carbocycles. The summed E-state index contributed by atoms with van der Waals surface area (Å²) in [7, 11) is 0. The van der Waals surface area contributed by atoms with Gasteiger partial charge in [0.15, 0.2) is 0 Å². The summed E-state index contributed by atoms with van der Waals surface area (Å²) in [4.78, 5) is 22.7. The Kier molecular flexibility index (Phi) is 5.36. The van der Waals surface area contributed by atoms with E-state index in [9.17, 15) is 9.59 Å². The summed E-state index contributed by atoms with van der Waals surface area (Å²) in [5.74, 6) is -1.20. The van der Waals surface area contributed by atoms with Gasteiger partial charge in [0, 0.05) is 17.3 Å². The number of anilines is 1. The van der Waals surface area contributed by atoms with E-state index in [1.54, 1.807) is 18.2 Å². The Bertz CT molecular complexity index is 472. The molecule has 0 aliphatic carbocycles. The Morgan fingerprint density at radius 2 is 2.11 bits per heavy atom. The van der Waals surface area contributed by atoms with Gasteiger partial charge in [-0.1, -0.05) is 19.4 Å². The predicted octanol–water partition coefficient (Wildman–Crippen LogP) is 1.95. The third kappa shape index (κ3) is 4.62. The fourth-order valence-corrected chi connectivity index (χ4v) is 1.83. The van der Waals surface area contributed by atoms with Crippen LogP contribution in [-0.4, -0.2) is 23.0 Å². The van der Waals surface area contributed by atoms with Gasteiger partial charge < -0.3 is 16.2 Å². The number of aryl methyl sites for hydroxylation is 1. The van der Waals surface area contributed by atoms with Gasteiger partial charge in [0.05, 0.1) is 6.42 Å². The molecule has 4 N–H and O–H groups in total. The Hall–Kier alpha value is -2.04. The lowest BCUT2D eigenvalue weighted by molar-refractivity contribution is -0.137. The van der Waals surface area contributed by atoms with E-state index in [2.05, 4.69) is 5.32 Å². The van der Waals surface area contributed by atoms with Gasteiger partial charge in [0.2, 0.25) is 0 Å². The number of nitrogens with two attached hydrogens (primary N) is 1. The van der Waals surface area contributed by atoms with Crippen LogP contribution in [0.4, 0.5) is 5.69 Å². The minimum Gasteiger partial charge on any atom is -0.481 e. The van der Waals surface area contributed by atoms with Crippen molar-refractivity contribution in [3.05, 3.63) is 29.3 Å². The molecule has 19 heavy (non-hydrogen) atoms. The summed E-state index contributed by atoms with van der Waals surface area (Å²) < 4.78 is 0. The van der Waals surface area contributed by atoms with Crippen LogP contribution >= 0.6 is 0 Å². The van der Waals surface area contributed by atoms with Crippen LogP contribution in [0.25, 0.3) is 0 Å². The van der Waals surface area contributed by atoms with Gasteiger partial charge in [0.25, 0.3) is 5.91 Å². The standard InChI is InChI=1S/C14H20N2O3/c1-3-4-11(8-13(17)18)16-14(19)10-6-5-9(2)12(15)7-10/h5-7,11H,3-4,8,15H2,1-2H3,(H,16,19)(H,17,18). The van der Waals surface area contributed by atoms with Crippen molar-refractivity contribution in [3.8, 4) is 0 Å². The summed E-state index contributed by atoms with van der Waals surface area (Å²) in [6.45, 7) is 3.81. The molecule has 1 atom stereocenters. The monoisotopic (exact) mass is 264 g/mol. The number of hydrogen-bond acceptors (Lipinski definition) is 3. The van der Waals surface area contributed by atoms with Gasteiger partial charge in [-0.2, -0.15) is 0 Å². The largest absolute Gasteiger partial charge is 0.481 e. The molecule has 1 unspecified atom stereocenters. The van der Waals surface area contributed by atoms with Crippen molar-refractivity contribution in [2.75, 3.05) is 5.73 Å². The van der Waals surface area contributed by atoms with Crippen LogP contribution in [0.5, 0.6) is 0 Å². The third-order valence-corrected chi connectivity index (χ3v) is 2.93. The van der Waals surface area contributed by atoms with E-state index in [0.29, 0.717) is 17.7 Å². The molecule has 1 rings (SSSR count). The minimum atomic E-state index is -0.915. The van der Waals surface area contributed by atoms with Crippen LogP contribution in [0.1, 0.15) is 42.1 Å². The number of carbonyl (C=O) groups excluding carboxylic acids is 1. The molecule has 0 spiro atoms. The van der Waals surface area contributed by atoms with Crippen molar-refractivity contribution in [3.63, 3.8) is 0 Å². The fourth-order valence-electron chi connectivity index (χ4n) is 1.83. The van der Waals surface area contributed by atoms with Crippen LogP contribution < -0.4 is 11.1 Å². The Labute approximate surface area is 112 Å². The topological polar surface area (TPSA) is 92.4 Å².